The summed E-state index contributed by atoms with van der Waals surface area (Å²) < 4.78 is 1.98. The lowest BCUT2D eigenvalue weighted by Gasteiger charge is -2.09. The monoisotopic (exact) mass is 454 g/mol. The van der Waals surface area contributed by atoms with E-state index in [-0.39, 0.29) is 22.0 Å². The van der Waals surface area contributed by atoms with Gasteiger partial charge in [-0.05, 0) is 68.0 Å². The third-order valence-corrected chi connectivity index (χ3v) is 5.19. The minimum Gasteiger partial charge on any atom is -0.321 e. The average molecular weight is 455 g/mol. The van der Waals surface area contributed by atoms with E-state index in [0.717, 1.165) is 23.1 Å². The number of carbonyl (C=O) groups is 1. The van der Waals surface area contributed by atoms with Crippen molar-refractivity contribution in [2.75, 3.05) is 5.32 Å². The molecule has 0 saturated carbocycles. The highest BCUT2D eigenvalue weighted by atomic mass is 35.5. The number of rotatable bonds is 5. The molecular formula is C22H16Cl2N4O3. The molecule has 0 unspecified atom stereocenters. The fraction of sp³-hybridized carbons (Fsp3) is 0.0909. The summed E-state index contributed by atoms with van der Waals surface area (Å²) in [5.74, 6) is -0.685. The van der Waals surface area contributed by atoms with Gasteiger partial charge >= 0.3 is 0 Å². The van der Waals surface area contributed by atoms with Crippen LogP contribution in [0.5, 0.6) is 0 Å². The molecule has 0 aliphatic rings. The Morgan fingerprint density at radius 2 is 1.84 bits per heavy atom. The highest BCUT2D eigenvalue weighted by Gasteiger charge is 2.17. The molecule has 0 radical (unpaired) electrons. The second kappa shape index (κ2) is 9.04. The average Bonchev–Trinajstić information content (AvgIpc) is 3.01. The molecule has 9 heteroatoms. The van der Waals surface area contributed by atoms with Crippen molar-refractivity contribution in [2.45, 2.75) is 13.8 Å². The third kappa shape index (κ3) is 4.77. The zero-order valence-corrected chi connectivity index (χ0v) is 18.0. The van der Waals surface area contributed by atoms with Crippen LogP contribution < -0.4 is 5.32 Å². The van der Waals surface area contributed by atoms with Crippen LogP contribution in [0.1, 0.15) is 17.0 Å². The van der Waals surface area contributed by atoms with Gasteiger partial charge in [-0.25, -0.2) is 0 Å². The summed E-state index contributed by atoms with van der Waals surface area (Å²) in [5.41, 5.74) is 3.02. The number of hydrogen-bond donors (Lipinski definition) is 1. The summed E-state index contributed by atoms with van der Waals surface area (Å²) in [6.45, 7) is 3.79. The number of aromatic nitrogens is 1. The minimum absolute atomic E-state index is 0.0475. The molecule has 0 bridgehead atoms. The van der Waals surface area contributed by atoms with Crippen molar-refractivity contribution < 1.29 is 9.72 Å². The smallest absolute Gasteiger partial charge is 0.289 e. The van der Waals surface area contributed by atoms with Crippen molar-refractivity contribution in [1.29, 1.82) is 5.26 Å². The predicted octanol–water partition coefficient (Wildman–Crippen LogP) is 5.85. The maximum absolute atomic E-state index is 12.6. The molecular weight excluding hydrogens is 439 g/mol. The first kappa shape index (κ1) is 22.1. The lowest BCUT2D eigenvalue weighted by molar-refractivity contribution is -0.384. The van der Waals surface area contributed by atoms with Crippen molar-refractivity contribution in [3.8, 4) is 11.8 Å². The molecule has 156 valence electrons. The molecule has 3 aromatic rings. The molecule has 0 aliphatic heterocycles. The maximum atomic E-state index is 12.6. The molecule has 0 spiro atoms. The third-order valence-electron chi connectivity index (χ3n) is 4.62. The van der Waals surface area contributed by atoms with Crippen molar-refractivity contribution in [3.05, 3.63) is 91.2 Å². The second-order valence-electron chi connectivity index (χ2n) is 6.69. The standard InChI is InChI=1S/C22H16Cl2N4O3/c1-13-9-15(14(2)27(13)19-6-3-17(23)4-7-19)10-16(12-25)22(29)26-18-5-8-20(24)21(11-18)28(30)31/h3-11H,1-2H3,(H,26,29)/b16-10+. The molecule has 1 N–H and O–H groups in total. The number of nitro benzene ring substituents is 1. The topological polar surface area (TPSA) is 101 Å². The Morgan fingerprint density at radius 3 is 2.45 bits per heavy atom. The number of nitro groups is 1. The number of halogens is 2. The van der Waals surface area contributed by atoms with Gasteiger partial charge < -0.3 is 9.88 Å². The highest BCUT2D eigenvalue weighted by molar-refractivity contribution is 6.32. The van der Waals surface area contributed by atoms with Gasteiger partial charge in [-0.15, -0.1) is 0 Å². The number of nitriles is 1. The Hall–Kier alpha value is -3.60. The fourth-order valence-corrected chi connectivity index (χ4v) is 3.47. The van der Waals surface area contributed by atoms with E-state index in [1.165, 1.54) is 18.2 Å². The zero-order valence-electron chi connectivity index (χ0n) is 16.5. The van der Waals surface area contributed by atoms with Crippen LogP contribution in [-0.4, -0.2) is 15.4 Å². The van der Waals surface area contributed by atoms with Crippen LogP contribution >= 0.6 is 23.2 Å². The van der Waals surface area contributed by atoms with Gasteiger partial charge in [-0.3, -0.25) is 14.9 Å². The minimum atomic E-state index is -0.685. The summed E-state index contributed by atoms with van der Waals surface area (Å²) in [4.78, 5) is 23.0. The number of amides is 1. The number of anilines is 1. The molecule has 1 heterocycles. The Labute approximate surface area is 188 Å². The van der Waals surface area contributed by atoms with Crippen LogP contribution in [0.2, 0.25) is 10.0 Å². The van der Waals surface area contributed by atoms with Crippen LogP contribution in [0, 0.1) is 35.3 Å². The van der Waals surface area contributed by atoms with Crippen LogP contribution in [0.4, 0.5) is 11.4 Å². The largest absolute Gasteiger partial charge is 0.321 e. The summed E-state index contributed by atoms with van der Waals surface area (Å²) in [6, 6.07) is 14.9. The summed E-state index contributed by atoms with van der Waals surface area (Å²) >= 11 is 11.8. The number of hydrogen-bond acceptors (Lipinski definition) is 4. The van der Waals surface area contributed by atoms with E-state index in [9.17, 15) is 20.2 Å². The first-order chi connectivity index (χ1) is 14.7. The molecule has 0 aliphatic carbocycles. The number of aryl methyl sites for hydroxylation is 1. The molecule has 1 amide bonds. The Morgan fingerprint density at radius 1 is 1.16 bits per heavy atom. The van der Waals surface area contributed by atoms with E-state index in [0.29, 0.717) is 10.6 Å². The van der Waals surface area contributed by atoms with Gasteiger partial charge in [0.1, 0.15) is 16.7 Å². The summed E-state index contributed by atoms with van der Waals surface area (Å²) in [7, 11) is 0. The fourth-order valence-electron chi connectivity index (χ4n) is 3.15. The van der Waals surface area contributed by atoms with Gasteiger partial charge in [0.25, 0.3) is 11.6 Å². The lowest BCUT2D eigenvalue weighted by Crippen LogP contribution is -2.13. The molecule has 7 nitrogen and oxygen atoms in total. The van der Waals surface area contributed by atoms with Crippen LogP contribution in [0.3, 0.4) is 0 Å². The van der Waals surface area contributed by atoms with Crippen LogP contribution in [0.25, 0.3) is 11.8 Å². The van der Waals surface area contributed by atoms with Crippen molar-refractivity contribution >= 4 is 46.6 Å². The van der Waals surface area contributed by atoms with E-state index >= 15 is 0 Å². The molecule has 2 aromatic carbocycles. The second-order valence-corrected chi connectivity index (χ2v) is 7.53. The molecule has 31 heavy (non-hydrogen) atoms. The molecule has 0 fully saturated rings. The Bertz CT molecular complexity index is 1250. The van der Waals surface area contributed by atoms with Gasteiger partial charge in [-0.1, -0.05) is 23.2 Å². The van der Waals surface area contributed by atoms with E-state index in [2.05, 4.69) is 5.32 Å². The predicted molar refractivity (Wildman–Crippen MR) is 121 cm³/mol. The highest BCUT2D eigenvalue weighted by Crippen LogP contribution is 2.28. The van der Waals surface area contributed by atoms with Gasteiger partial charge in [0, 0.05) is 33.9 Å². The molecule has 0 saturated heterocycles. The van der Waals surface area contributed by atoms with Crippen molar-refractivity contribution in [3.63, 3.8) is 0 Å². The first-order valence-corrected chi connectivity index (χ1v) is 9.79. The zero-order chi connectivity index (χ0) is 22.7. The summed E-state index contributed by atoms with van der Waals surface area (Å²) in [6.07, 6.45) is 1.48. The van der Waals surface area contributed by atoms with Gasteiger partial charge in [-0.2, -0.15) is 5.26 Å². The SMILES string of the molecule is Cc1cc(/C=C(\C#N)C(=O)Nc2ccc(Cl)c([N+](=O)[O-])c2)c(C)n1-c1ccc(Cl)cc1. The van der Waals surface area contributed by atoms with E-state index in [4.69, 9.17) is 23.2 Å². The number of benzene rings is 2. The quantitative estimate of drug-likeness (QED) is 0.226. The number of carbonyl (C=O) groups excluding carboxylic acids is 1. The van der Waals surface area contributed by atoms with Crippen LogP contribution in [-0.2, 0) is 4.79 Å². The maximum Gasteiger partial charge on any atom is 0.289 e. The Kier molecular flexibility index (Phi) is 6.44. The van der Waals surface area contributed by atoms with Crippen molar-refractivity contribution in [1.82, 2.24) is 4.57 Å². The molecule has 3 rings (SSSR count). The van der Waals surface area contributed by atoms with E-state index in [1.54, 1.807) is 12.1 Å². The van der Waals surface area contributed by atoms with Gasteiger partial charge in [0.2, 0.25) is 0 Å². The van der Waals surface area contributed by atoms with E-state index in [1.807, 2.05) is 42.7 Å². The summed E-state index contributed by atoms with van der Waals surface area (Å²) in [5, 5.41) is 23.6. The van der Waals surface area contributed by atoms with Crippen molar-refractivity contribution in [2.24, 2.45) is 0 Å². The van der Waals surface area contributed by atoms with Crippen LogP contribution in [0.15, 0.2) is 54.1 Å². The number of nitrogens with one attached hydrogen (secondary N) is 1. The molecule has 0 atom stereocenters. The normalized spacial score (nSPS) is 11.1. The van der Waals surface area contributed by atoms with Gasteiger partial charge in [0.05, 0.1) is 4.92 Å². The first-order valence-electron chi connectivity index (χ1n) is 9.03. The van der Waals surface area contributed by atoms with E-state index < -0.39 is 10.8 Å². The van der Waals surface area contributed by atoms with Gasteiger partial charge in [0.15, 0.2) is 0 Å². The number of nitrogens with zero attached hydrogens (tertiary/aromatic N) is 3. The Balaban J connectivity index is 1.92. The molecule has 1 aromatic heterocycles. The lowest BCUT2D eigenvalue weighted by atomic mass is 10.1.